The summed E-state index contributed by atoms with van der Waals surface area (Å²) in [6.45, 7) is 0.608. The molecule has 3 heterocycles. The quantitative estimate of drug-likeness (QED) is 0.591. The third-order valence-corrected chi connectivity index (χ3v) is 5.28. The molecule has 1 aliphatic carbocycles. The number of hydrogen-bond donors (Lipinski definition) is 3. The maximum Gasteiger partial charge on any atom is 0.181 e. The molecule has 136 valence electrons. The standard InChI is InChI=1S/C18H21BrN6O/c19-15-10-22-18-17(21-9-12-4-3-7-20-8-12)24-16(11-25(15)18)23-13-5-1-2-6-14(13)26/h3-4,7-8,10-11,13-14,23,26H,1-2,5-6,9H2,(H,21,24)/t13-,14?/m0/s1. The molecule has 7 nitrogen and oxygen atoms in total. The van der Waals surface area contributed by atoms with E-state index in [0.717, 1.165) is 47.3 Å². The Hall–Kier alpha value is -2.19. The van der Waals surface area contributed by atoms with Gasteiger partial charge in [0.1, 0.15) is 10.4 Å². The first-order valence-electron chi connectivity index (χ1n) is 8.81. The van der Waals surface area contributed by atoms with Gasteiger partial charge < -0.3 is 15.7 Å². The van der Waals surface area contributed by atoms with Crippen LogP contribution in [0, 0.1) is 0 Å². The lowest BCUT2D eigenvalue weighted by atomic mass is 9.93. The van der Waals surface area contributed by atoms with E-state index in [1.807, 2.05) is 28.9 Å². The highest BCUT2D eigenvalue weighted by molar-refractivity contribution is 9.10. The molecule has 1 unspecified atom stereocenters. The number of rotatable bonds is 5. The number of anilines is 2. The molecular formula is C18H21BrN6O. The van der Waals surface area contributed by atoms with Crippen LogP contribution in [0.4, 0.5) is 11.6 Å². The highest BCUT2D eigenvalue weighted by atomic mass is 79.9. The van der Waals surface area contributed by atoms with Gasteiger partial charge in [-0.3, -0.25) is 9.38 Å². The van der Waals surface area contributed by atoms with Crippen LogP contribution in [-0.2, 0) is 6.54 Å². The van der Waals surface area contributed by atoms with Gasteiger partial charge in [-0.1, -0.05) is 18.9 Å². The van der Waals surface area contributed by atoms with E-state index >= 15 is 0 Å². The molecule has 0 saturated heterocycles. The van der Waals surface area contributed by atoms with Gasteiger partial charge in [-0.05, 0) is 40.4 Å². The Morgan fingerprint density at radius 2 is 2.15 bits per heavy atom. The van der Waals surface area contributed by atoms with Crippen LogP contribution in [-0.4, -0.2) is 36.6 Å². The van der Waals surface area contributed by atoms with Gasteiger partial charge in [-0.15, -0.1) is 0 Å². The minimum atomic E-state index is -0.334. The summed E-state index contributed by atoms with van der Waals surface area (Å²) in [5.41, 5.74) is 1.81. The Morgan fingerprint density at radius 1 is 1.27 bits per heavy atom. The predicted molar refractivity (Wildman–Crippen MR) is 104 cm³/mol. The zero-order valence-electron chi connectivity index (χ0n) is 14.3. The fourth-order valence-electron chi connectivity index (χ4n) is 3.31. The smallest absolute Gasteiger partial charge is 0.181 e. The van der Waals surface area contributed by atoms with Crippen molar-refractivity contribution in [2.75, 3.05) is 10.6 Å². The van der Waals surface area contributed by atoms with Crippen molar-refractivity contribution in [1.82, 2.24) is 19.4 Å². The maximum absolute atomic E-state index is 10.2. The summed E-state index contributed by atoms with van der Waals surface area (Å²) in [5, 5.41) is 17.0. The van der Waals surface area contributed by atoms with Crippen LogP contribution in [0.1, 0.15) is 31.2 Å². The Balaban J connectivity index is 1.60. The zero-order valence-corrected chi connectivity index (χ0v) is 15.9. The van der Waals surface area contributed by atoms with Crippen molar-refractivity contribution in [3.05, 3.63) is 47.1 Å². The zero-order chi connectivity index (χ0) is 17.9. The molecular weight excluding hydrogens is 396 g/mol. The molecule has 0 spiro atoms. The van der Waals surface area contributed by atoms with Crippen LogP contribution in [0.2, 0.25) is 0 Å². The Morgan fingerprint density at radius 3 is 2.96 bits per heavy atom. The van der Waals surface area contributed by atoms with Crippen LogP contribution in [0.15, 0.2) is 41.5 Å². The number of nitrogens with one attached hydrogen (secondary N) is 2. The topological polar surface area (TPSA) is 87.4 Å². The molecule has 1 fully saturated rings. The van der Waals surface area contributed by atoms with Crippen molar-refractivity contribution >= 4 is 33.2 Å². The van der Waals surface area contributed by atoms with E-state index in [2.05, 4.69) is 36.5 Å². The van der Waals surface area contributed by atoms with Gasteiger partial charge in [-0.25, -0.2) is 9.97 Å². The summed E-state index contributed by atoms with van der Waals surface area (Å²) in [7, 11) is 0. The summed E-state index contributed by atoms with van der Waals surface area (Å²) in [6, 6.07) is 3.95. The molecule has 8 heteroatoms. The Labute approximate surface area is 160 Å². The molecule has 0 aliphatic heterocycles. The van der Waals surface area contributed by atoms with Gasteiger partial charge in [0.15, 0.2) is 11.5 Å². The summed E-state index contributed by atoms with van der Waals surface area (Å²) in [5.74, 6) is 1.41. The first kappa shape index (κ1) is 17.2. The number of nitrogens with zero attached hydrogens (tertiary/aromatic N) is 4. The van der Waals surface area contributed by atoms with E-state index in [4.69, 9.17) is 4.98 Å². The van der Waals surface area contributed by atoms with Gasteiger partial charge in [0.05, 0.1) is 24.5 Å². The fourth-order valence-corrected chi connectivity index (χ4v) is 3.68. The minimum absolute atomic E-state index is 0.0298. The molecule has 1 saturated carbocycles. The number of aromatic nitrogens is 4. The number of aliphatic hydroxyl groups is 1. The molecule has 4 rings (SSSR count). The number of halogens is 1. The molecule has 0 bridgehead atoms. The van der Waals surface area contributed by atoms with E-state index in [9.17, 15) is 5.11 Å². The van der Waals surface area contributed by atoms with E-state index < -0.39 is 0 Å². The van der Waals surface area contributed by atoms with Gasteiger partial charge in [0.2, 0.25) is 0 Å². The third kappa shape index (κ3) is 3.66. The highest BCUT2D eigenvalue weighted by Crippen LogP contribution is 2.25. The number of hydrogen-bond acceptors (Lipinski definition) is 6. The van der Waals surface area contributed by atoms with Crippen molar-refractivity contribution in [3.63, 3.8) is 0 Å². The van der Waals surface area contributed by atoms with E-state index in [-0.39, 0.29) is 12.1 Å². The molecule has 3 aromatic heterocycles. The first-order valence-corrected chi connectivity index (χ1v) is 9.61. The van der Waals surface area contributed by atoms with Gasteiger partial charge >= 0.3 is 0 Å². The summed E-state index contributed by atoms with van der Waals surface area (Å²) in [4.78, 5) is 13.3. The van der Waals surface area contributed by atoms with Crippen molar-refractivity contribution in [3.8, 4) is 0 Å². The van der Waals surface area contributed by atoms with E-state index in [1.165, 1.54) is 0 Å². The van der Waals surface area contributed by atoms with Gasteiger partial charge in [0, 0.05) is 18.9 Å². The third-order valence-electron chi connectivity index (χ3n) is 4.69. The minimum Gasteiger partial charge on any atom is -0.391 e. The van der Waals surface area contributed by atoms with Crippen molar-refractivity contribution in [2.24, 2.45) is 0 Å². The monoisotopic (exact) mass is 416 g/mol. The normalized spacial score (nSPS) is 20.2. The maximum atomic E-state index is 10.2. The molecule has 0 amide bonds. The van der Waals surface area contributed by atoms with Crippen LogP contribution in [0.25, 0.3) is 5.65 Å². The van der Waals surface area contributed by atoms with Gasteiger partial charge in [0.25, 0.3) is 0 Å². The second kappa shape index (κ2) is 7.59. The summed E-state index contributed by atoms with van der Waals surface area (Å²) >= 11 is 3.53. The molecule has 1 aliphatic rings. The average molecular weight is 417 g/mol. The molecule has 26 heavy (non-hydrogen) atoms. The first-order chi connectivity index (χ1) is 12.7. The number of aliphatic hydroxyl groups excluding tert-OH is 1. The largest absolute Gasteiger partial charge is 0.391 e. The highest BCUT2D eigenvalue weighted by Gasteiger charge is 2.23. The van der Waals surface area contributed by atoms with Crippen molar-refractivity contribution in [1.29, 1.82) is 0 Å². The molecule has 0 radical (unpaired) electrons. The van der Waals surface area contributed by atoms with E-state index in [1.54, 1.807) is 12.4 Å². The van der Waals surface area contributed by atoms with Gasteiger partial charge in [-0.2, -0.15) is 0 Å². The number of fused-ring (bicyclic) bond motifs is 1. The predicted octanol–water partition coefficient (Wildman–Crippen LogP) is 3.21. The van der Waals surface area contributed by atoms with Crippen LogP contribution in [0.3, 0.4) is 0 Å². The van der Waals surface area contributed by atoms with Crippen LogP contribution < -0.4 is 10.6 Å². The summed E-state index contributed by atoms with van der Waals surface area (Å²) < 4.78 is 2.79. The van der Waals surface area contributed by atoms with Crippen LogP contribution >= 0.6 is 15.9 Å². The molecule has 3 aromatic rings. The SMILES string of the molecule is OC1CCCC[C@@H]1Nc1cn2c(Br)cnc2c(NCc2cccnc2)n1. The lowest BCUT2D eigenvalue weighted by Gasteiger charge is -2.28. The van der Waals surface area contributed by atoms with E-state index in [0.29, 0.717) is 12.4 Å². The number of imidazole rings is 1. The second-order valence-corrected chi connectivity index (χ2v) is 7.38. The average Bonchev–Trinajstić information content (AvgIpc) is 3.04. The van der Waals surface area contributed by atoms with Crippen LogP contribution in [0.5, 0.6) is 0 Å². The Bertz CT molecular complexity index is 884. The molecule has 2 atom stereocenters. The summed E-state index contributed by atoms with van der Waals surface area (Å²) in [6.07, 6.45) is 10.9. The Kier molecular flexibility index (Phi) is 5.03. The van der Waals surface area contributed by atoms with Crippen molar-refractivity contribution < 1.29 is 5.11 Å². The molecule has 0 aromatic carbocycles. The molecule has 3 N–H and O–H groups in total. The second-order valence-electron chi connectivity index (χ2n) is 6.57. The van der Waals surface area contributed by atoms with Crippen molar-refractivity contribution in [2.45, 2.75) is 44.4 Å². The lowest BCUT2D eigenvalue weighted by molar-refractivity contribution is 0.116. The number of pyridine rings is 1. The fraction of sp³-hybridized carbons (Fsp3) is 0.389. The lowest BCUT2D eigenvalue weighted by Crippen LogP contribution is -2.36.